The van der Waals surface area contributed by atoms with Gasteiger partial charge in [-0.15, -0.1) is 0 Å². The van der Waals surface area contributed by atoms with E-state index < -0.39 is 8.56 Å². The van der Waals surface area contributed by atoms with Crippen LogP contribution in [-0.2, 0) is 0 Å². The molecule has 1 heterocycles. The van der Waals surface area contributed by atoms with E-state index in [0.29, 0.717) is 25.0 Å². The van der Waals surface area contributed by atoms with Gasteiger partial charge in [0.05, 0.1) is 0 Å². The normalized spacial score (nSPS) is 11.2. The highest BCUT2D eigenvalue weighted by molar-refractivity contribution is 6.63. The summed E-state index contributed by atoms with van der Waals surface area (Å²) < 4.78 is 0. The molecule has 18 heavy (non-hydrogen) atoms. The molecule has 102 valence electrons. The van der Waals surface area contributed by atoms with Crippen LogP contribution in [0.15, 0.2) is 0 Å². The van der Waals surface area contributed by atoms with Crippen LogP contribution in [0.5, 0.6) is 0 Å². The molecule has 1 rings (SSSR count). The van der Waals surface area contributed by atoms with Crippen molar-refractivity contribution in [3.63, 3.8) is 0 Å². The Morgan fingerprint density at radius 2 is 1.56 bits per heavy atom. The minimum Gasteiger partial charge on any atom is -0.411 e. The summed E-state index contributed by atoms with van der Waals surface area (Å²) in [6.45, 7) is 1.96. The fourth-order valence-corrected chi connectivity index (χ4v) is 2.05. The second kappa shape index (κ2) is 6.41. The Labute approximate surface area is 105 Å². The van der Waals surface area contributed by atoms with Crippen molar-refractivity contribution in [3.8, 4) is 0 Å². The topological polar surface area (TPSA) is 167 Å². The van der Waals surface area contributed by atoms with Gasteiger partial charge in [0, 0.05) is 6.54 Å². The van der Waals surface area contributed by atoms with Gasteiger partial charge in [-0.3, -0.25) is 10.9 Å². The Morgan fingerprint density at radius 3 is 2.00 bits per heavy atom. The van der Waals surface area contributed by atoms with Crippen LogP contribution in [0.4, 0.5) is 17.8 Å². The van der Waals surface area contributed by atoms with Gasteiger partial charge in [0.15, 0.2) is 0 Å². The molecule has 0 unspecified atom stereocenters. The maximum Gasteiger partial charge on any atom is 0.329 e. The number of nitrogens with zero attached hydrogens (tertiary/aromatic N) is 3. The molecule has 0 fully saturated rings. The number of nitrogen functional groups attached to an aromatic ring is 2. The predicted octanol–water partition coefficient (Wildman–Crippen LogP) is -1.70. The minimum absolute atomic E-state index is 0.170. The Hall–Kier alpha value is -1.53. The van der Waals surface area contributed by atoms with Crippen LogP contribution in [0.2, 0.25) is 12.6 Å². The first-order valence-corrected chi connectivity index (χ1v) is 7.92. The average Bonchev–Trinajstić information content (AvgIpc) is 2.33. The molecule has 10 nitrogen and oxygen atoms in total. The van der Waals surface area contributed by atoms with Crippen molar-refractivity contribution in [1.29, 1.82) is 0 Å². The Balaban J connectivity index is 2.51. The van der Waals surface area contributed by atoms with Crippen LogP contribution < -0.4 is 27.9 Å². The van der Waals surface area contributed by atoms with Crippen LogP contribution in [-0.4, -0.2) is 39.6 Å². The molecule has 1 aromatic rings. The van der Waals surface area contributed by atoms with Gasteiger partial charge >= 0.3 is 8.56 Å². The lowest BCUT2D eigenvalue weighted by molar-refractivity contribution is 0.368. The quantitative estimate of drug-likeness (QED) is 0.132. The number of hydrogen-bond acceptors (Lipinski definition) is 10. The van der Waals surface area contributed by atoms with E-state index in [4.69, 9.17) is 11.7 Å². The number of hydrazine groups is 2. The van der Waals surface area contributed by atoms with Gasteiger partial charge in [0.25, 0.3) is 0 Å². The summed E-state index contributed by atoms with van der Waals surface area (Å²) in [5.74, 6) is 11.0. The van der Waals surface area contributed by atoms with Crippen molar-refractivity contribution in [3.05, 3.63) is 0 Å². The Morgan fingerprint density at radius 1 is 1.06 bits per heavy atom. The summed E-state index contributed by atoms with van der Waals surface area (Å²) in [5.41, 5.74) is 4.57. The third-order valence-electron chi connectivity index (χ3n) is 2.00. The maximum absolute atomic E-state index is 9.25. The van der Waals surface area contributed by atoms with Crippen molar-refractivity contribution in [1.82, 2.24) is 15.0 Å². The second-order valence-electron chi connectivity index (χ2n) is 3.84. The smallest absolute Gasteiger partial charge is 0.329 e. The Bertz CT molecular complexity index is 362. The number of nitrogens with one attached hydrogen (secondary N) is 3. The molecule has 0 spiro atoms. The second-order valence-corrected chi connectivity index (χ2v) is 6.78. The number of rotatable bonds is 7. The fourth-order valence-electron chi connectivity index (χ4n) is 1.21. The van der Waals surface area contributed by atoms with E-state index >= 15 is 0 Å². The van der Waals surface area contributed by atoms with Crippen LogP contribution >= 0.6 is 0 Å². The molecular weight excluding hydrogens is 256 g/mol. The summed E-state index contributed by atoms with van der Waals surface area (Å²) in [6, 6.07) is 0.370. The monoisotopic (exact) mass is 274 g/mol. The van der Waals surface area contributed by atoms with Crippen molar-refractivity contribution in [2.24, 2.45) is 11.7 Å². The van der Waals surface area contributed by atoms with Gasteiger partial charge in [-0.1, -0.05) is 0 Å². The molecule has 0 saturated carbocycles. The highest BCUT2D eigenvalue weighted by Crippen LogP contribution is 2.09. The summed E-state index contributed by atoms with van der Waals surface area (Å²) in [5, 5.41) is 2.91. The van der Waals surface area contributed by atoms with E-state index in [1.54, 1.807) is 0 Å². The first-order valence-electron chi connectivity index (χ1n) is 5.32. The molecule has 0 aliphatic rings. The van der Waals surface area contributed by atoms with Crippen LogP contribution in [0, 0.1) is 0 Å². The molecule has 0 saturated heterocycles. The molecule has 9 N–H and O–H groups in total. The van der Waals surface area contributed by atoms with E-state index in [9.17, 15) is 9.59 Å². The lowest BCUT2D eigenvalue weighted by Gasteiger charge is -2.12. The van der Waals surface area contributed by atoms with Gasteiger partial charge in [-0.05, 0) is 19.0 Å². The van der Waals surface area contributed by atoms with E-state index in [1.165, 1.54) is 6.55 Å². The third kappa shape index (κ3) is 5.20. The SMILES string of the molecule is C[Si](O)(O)CCCNc1nc(NN)nc(NN)n1. The van der Waals surface area contributed by atoms with Crippen LogP contribution in [0.25, 0.3) is 0 Å². The molecule has 0 aliphatic heterocycles. The maximum atomic E-state index is 9.25. The average molecular weight is 274 g/mol. The molecule has 1 aromatic heterocycles. The first-order chi connectivity index (χ1) is 8.44. The lowest BCUT2D eigenvalue weighted by Crippen LogP contribution is -2.30. The number of hydrogen-bond donors (Lipinski definition) is 7. The highest BCUT2D eigenvalue weighted by Gasteiger charge is 2.19. The number of aromatic nitrogens is 3. The van der Waals surface area contributed by atoms with Gasteiger partial charge in [-0.25, -0.2) is 11.7 Å². The largest absolute Gasteiger partial charge is 0.411 e. The molecular formula is C7H18N8O2Si. The Kier molecular flexibility index (Phi) is 5.18. The van der Waals surface area contributed by atoms with Crippen molar-refractivity contribution in [2.45, 2.75) is 19.0 Å². The van der Waals surface area contributed by atoms with Gasteiger partial charge in [0.1, 0.15) is 0 Å². The van der Waals surface area contributed by atoms with Crippen molar-refractivity contribution in [2.75, 3.05) is 22.7 Å². The third-order valence-corrected chi connectivity index (χ3v) is 3.30. The molecule has 0 aliphatic carbocycles. The predicted molar refractivity (Wildman–Crippen MR) is 69.4 cm³/mol. The number of nitrogens with two attached hydrogens (primary N) is 2. The zero-order valence-corrected chi connectivity index (χ0v) is 11.0. The molecule has 0 aromatic carbocycles. The van der Waals surface area contributed by atoms with Gasteiger partial charge < -0.3 is 14.9 Å². The summed E-state index contributed by atoms with van der Waals surface area (Å²) in [7, 11) is -2.99. The van der Waals surface area contributed by atoms with Crippen LogP contribution in [0.1, 0.15) is 6.42 Å². The highest BCUT2D eigenvalue weighted by atomic mass is 28.4. The lowest BCUT2D eigenvalue weighted by atomic mass is 10.5. The fraction of sp³-hybridized carbons (Fsp3) is 0.571. The molecule has 11 heteroatoms. The van der Waals surface area contributed by atoms with Crippen molar-refractivity contribution >= 4 is 26.4 Å². The van der Waals surface area contributed by atoms with Crippen LogP contribution in [0.3, 0.4) is 0 Å². The molecule has 0 atom stereocenters. The van der Waals surface area contributed by atoms with E-state index in [-0.39, 0.29) is 11.9 Å². The zero-order chi connectivity index (χ0) is 13.6. The first kappa shape index (κ1) is 14.5. The zero-order valence-electron chi connectivity index (χ0n) is 10.0. The molecule has 0 radical (unpaired) electrons. The number of anilines is 3. The van der Waals surface area contributed by atoms with E-state index in [0.717, 1.165) is 0 Å². The van der Waals surface area contributed by atoms with Gasteiger partial charge in [-0.2, -0.15) is 15.0 Å². The van der Waals surface area contributed by atoms with Crippen molar-refractivity contribution < 1.29 is 9.59 Å². The van der Waals surface area contributed by atoms with E-state index in [1.807, 2.05) is 0 Å². The molecule has 0 amide bonds. The summed E-state index contributed by atoms with van der Waals surface area (Å²) >= 11 is 0. The van der Waals surface area contributed by atoms with Gasteiger partial charge in [0.2, 0.25) is 17.8 Å². The summed E-state index contributed by atoms with van der Waals surface area (Å²) in [4.78, 5) is 30.2. The standard InChI is InChI=1S/C7H18N8O2Si/c1-18(16,17)4-2-3-10-5-11-6(14-8)13-7(12-5)15-9/h16-17H,2-4,8-9H2,1H3,(H3,10,11,12,13,14,15). The summed E-state index contributed by atoms with van der Waals surface area (Å²) in [6.07, 6.45) is 0.595. The van der Waals surface area contributed by atoms with E-state index in [2.05, 4.69) is 31.1 Å². The minimum atomic E-state index is -2.99. The molecule has 0 bridgehead atoms.